The number of carbonyl (C=O) groups is 1. The van der Waals surface area contributed by atoms with Gasteiger partial charge in [0.25, 0.3) is 0 Å². The van der Waals surface area contributed by atoms with Crippen LogP contribution in [-0.2, 0) is 14.3 Å². The van der Waals surface area contributed by atoms with E-state index >= 15 is 0 Å². The summed E-state index contributed by atoms with van der Waals surface area (Å²) in [6.07, 6.45) is 2.33. The van der Waals surface area contributed by atoms with Gasteiger partial charge in [-0.3, -0.25) is 4.79 Å². The maximum absolute atomic E-state index is 11.2. The third-order valence-corrected chi connectivity index (χ3v) is 5.13. The first-order chi connectivity index (χ1) is 9.29. The molecule has 0 amide bonds. The topological polar surface area (TPSA) is 35.5 Å². The molecule has 0 aromatic rings. The number of esters is 1. The van der Waals surface area contributed by atoms with Gasteiger partial charge in [-0.2, -0.15) is 0 Å². The summed E-state index contributed by atoms with van der Waals surface area (Å²) in [6.45, 7) is 13.4. The van der Waals surface area contributed by atoms with Crippen LogP contribution in [0.15, 0.2) is 23.0 Å². The molecule has 4 atom stereocenters. The van der Waals surface area contributed by atoms with Crippen molar-refractivity contribution in [1.82, 2.24) is 0 Å². The molecular formula is C17H26O3. The quantitative estimate of drug-likeness (QED) is 0.570. The van der Waals surface area contributed by atoms with E-state index in [0.717, 1.165) is 5.76 Å². The van der Waals surface area contributed by atoms with Crippen molar-refractivity contribution in [3.05, 3.63) is 23.0 Å². The monoisotopic (exact) mass is 278 g/mol. The van der Waals surface area contributed by atoms with Crippen LogP contribution in [0.25, 0.3) is 0 Å². The van der Waals surface area contributed by atoms with Crippen molar-refractivity contribution < 1.29 is 14.3 Å². The molecular weight excluding hydrogens is 252 g/mol. The summed E-state index contributed by atoms with van der Waals surface area (Å²) in [7, 11) is 0. The molecule has 2 rings (SSSR count). The molecule has 3 nitrogen and oxygen atoms in total. The number of rotatable bonds is 2. The van der Waals surface area contributed by atoms with E-state index in [-0.39, 0.29) is 11.4 Å². The second kappa shape index (κ2) is 5.27. The predicted octanol–water partition coefficient (Wildman–Crippen LogP) is 3.71. The molecule has 0 N–H and O–H groups in total. The van der Waals surface area contributed by atoms with Crippen LogP contribution in [0.2, 0.25) is 0 Å². The van der Waals surface area contributed by atoms with E-state index < -0.39 is 0 Å². The highest BCUT2D eigenvalue weighted by atomic mass is 16.5. The summed E-state index contributed by atoms with van der Waals surface area (Å²) in [5.41, 5.74) is 2.51. The summed E-state index contributed by atoms with van der Waals surface area (Å²) in [4.78, 5) is 11.2. The molecule has 0 aromatic heterocycles. The maximum atomic E-state index is 11.2. The lowest BCUT2D eigenvalue weighted by atomic mass is 9.57. The van der Waals surface area contributed by atoms with E-state index in [1.54, 1.807) is 0 Å². The molecule has 0 saturated carbocycles. The first-order valence-electron chi connectivity index (χ1n) is 7.41. The molecule has 0 aromatic carbocycles. The van der Waals surface area contributed by atoms with Crippen molar-refractivity contribution in [3.63, 3.8) is 0 Å². The number of fused-ring (bicyclic) bond motifs is 2. The van der Waals surface area contributed by atoms with E-state index in [2.05, 4.69) is 40.7 Å². The van der Waals surface area contributed by atoms with Crippen LogP contribution in [0.5, 0.6) is 0 Å². The zero-order valence-corrected chi connectivity index (χ0v) is 13.4. The first kappa shape index (κ1) is 15.1. The van der Waals surface area contributed by atoms with Crippen LogP contribution in [-0.4, -0.2) is 19.2 Å². The summed E-state index contributed by atoms with van der Waals surface area (Å²) < 4.78 is 11.5. The highest BCUT2D eigenvalue weighted by molar-refractivity contribution is 5.66. The highest BCUT2D eigenvalue weighted by Crippen LogP contribution is 2.54. The van der Waals surface area contributed by atoms with Gasteiger partial charge in [0.05, 0.1) is 6.61 Å². The average molecular weight is 278 g/mol. The van der Waals surface area contributed by atoms with Crippen LogP contribution < -0.4 is 0 Å². The Morgan fingerprint density at radius 1 is 1.40 bits per heavy atom. The number of hydrogen-bond donors (Lipinski definition) is 0. The second-order valence-electron chi connectivity index (χ2n) is 6.63. The molecule has 1 saturated heterocycles. The van der Waals surface area contributed by atoms with E-state index in [1.807, 2.05) is 0 Å². The fourth-order valence-corrected chi connectivity index (χ4v) is 3.80. The van der Waals surface area contributed by atoms with Crippen LogP contribution in [0.4, 0.5) is 0 Å². The molecule has 3 heteroatoms. The molecule has 112 valence electrons. The molecule has 0 spiro atoms. The third-order valence-electron chi connectivity index (χ3n) is 5.13. The van der Waals surface area contributed by atoms with Crippen LogP contribution >= 0.6 is 0 Å². The van der Waals surface area contributed by atoms with Gasteiger partial charge in [-0.05, 0) is 38.2 Å². The van der Waals surface area contributed by atoms with Gasteiger partial charge in [0.1, 0.15) is 12.4 Å². The first-order valence-corrected chi connectivity index (χ1v) is 7.41. The molecule has 20 heavy (non-hydrogen) atoms. The zero-order chi connectivity index (χ0) is 15.1. The van der Waals surface area contributed by atoms with Gasteiger partial charge in [0, 0.05) is 18.3 Å². The number of allylic oxidation sites excluding steroid dienone is 3. The lowest BCUT2D eigenvalue weighted by Crippen LogP contribution is -2.53. The van der Waals surface area contributed by atoms with Crippen molar-refractivity contribution in [2.75, 3.05) is 13.2 Å². The fraction of sp³-hybridized carbons (Fsp3) is 0.706. The molecule has 1 aliphatic heterocycles. The maximum Gasteiger partial charge on any atom is 0.302 e. The zero-order valence-electron chi connectivity index (χ0n) is 13.4. The van der Waals surface area contributed by atoms with Crippen molar-refractivity contribution in [2.45, 2.75) is 41.5 Å². The Hall–Kier alpha value is -1.25. The average Bonchev–Trinajstić information content (AvgIpc) is 2.34. The van der Waals surface area contributed by atoms with Gasteiger partial charge in [0.15, 0.2) is 0 Å². The molecule has 2 aliphatic rings. The van der Waals surface area contributed by atoms with Gasteiger partial charge < -0.3 is 9.47 Å². The third kappa shape index (κ3) is 2.27. The van der Waals surface area contributed by atoms with E-state index in [9.17, 15) is 4.79 Å². The Morgan fingerprint density at radius 2 is 2.05 bits per heavy atom. The Bertz CT molecular complexity index is 471. The Labute approximate surface area is 122 Å². The minimum Gasteiger partial charge on any atom is -0.497 e. The molecule has 0 radical (unpaired) electrons. The van der Waals surface area contributed by atoms with Gasteiger partial charge in [-0.15, -0.1) is 0 Å². The van der Waals surface area contributed by atoms with Crippen molar-refractivity contribution >= 4 is 5.97 Å². The Kier molecular flexibility index (Phi) is 3.99. The number of carbonyl (C=O) groups excluding carboxylic acids is 1. The molecule has 1 aliphatic carbocycles. The highest BCUT2D eigenvalue weighted by Gasteiger charge is 2.53. The molecule has 2 bridgehead atoms. The normalized spacial score (nSPS) is 36.0. The van der Waals surface area contributed by atoms with Gasteiger partial charge in [0.2, 0.25) is 0 Å². The van der Waals surface area contributed by atoms with Gasteiger partial charge in [-0.1, -0.05) is 25.5 Å². The lowest BCUT2D eigenvalue weighted by molar-refractivity contribution is -0.155. The van der Waals surface area contributed by atoms with E-state index in [1.165, 1.54) is 18.1 Å². The SMILES string of the molecule is CC(=O)OC[C@@]12COC(=C(C)C)[C@@H](C(C)=C[C@@H]1C)[C@@H]2C. The van der Waals surface area contributed by atoms with Gasteiger partial charge in [-0.25, -0.2) is 0 Å². The summed E-state index contributed by atoms with van der Waals surface area (Å²) in [5.74, 6) is 1.99. The van der Waals surface area contributed by atoms with Crippen LogP contribution in [0, 0.1) is 23.2 Å². The Balaban J connectivity index is 2.41. The van der Waals surface area contributed by atoms with Crippen LogP contribution in [0.1, 0.15) is 41.5 Å². The fourth-order valence-electron chi connectivity index (χ4n) is 3.80. The number of hydrogen-bond acceptors (Lipinski definition) is 3. The van der Waals surface area contributed by atoms with E-state index in [0.29, 0.717) is 31.0 Å². The van der Waals surface area contributed by atoms with Gasteiger partial charge >= 0.3 is 5.97 Å². The Morgan fingerprint density at radius 3 is 2.60 bits per heavy atom. The summed E-state index contributed by atoms with van der Waals surface area (Å²) in [6, 6.07) is 0. The van der Waals surface area contributed by atoms with Crippen LogP contribution in [0.3, 0.4) is 0 Å². The number of ether oxygens (including phenoxy) is 2. The lowest BCUT2D eigenvalue weighted by Gasteiger charge is -2.53. The summed E-state index contributed by atoms with van der Waals surface area (Å²) >= 11 is 0. The predicted molar refractivity (Wildman–Crippen MR) is 79.0 cm³/mol. The minimum atomic E-state index is -0.213. The van der Waals surface area contributed by atoms with Crippen molar-refractivity contribution in [2.24, 2.45) is 23.2 Å². The smallest absolute Gasteiger partial charge is 0.302 e. The van der Waals surface area contributed by atoms with E-state index in [4.69, 9.17) is 9.47 Å². The minimum absolute atomic E-state index is 0.102. The second-order valence-corrected chi connectivity index (χ2v) is 6.63. The standard InChI is InChI=1S/C17H26O3/c1-10(2)16-15-11(3)7-12(4)17(9-20-16,13(15)5)8-19-14(6)18/h7,12-13,15H,8-9H2,1-6H3/t12-,13-,15-,17+/m0/s1. The molecule has 0 unspecified atom stereocenters. The summed E-state index contributed by atoms with van der Waals surface area (Å²) in [5, 5.41) is 0. The largest absolute Gasteiger partial charge is 0.497 e. The van der Waals surface area contributed by atoms with Crippen molar-refractivity contribution in [1.29, 1.82) is 0 Å². The molecule has 1 fully saturated rings. The molecule has 1 heterocycles. The van der Waals surface area contributed by atoms with Crippen molar-refractivity contribution in [3.8, 4) is 0 Å².